The second-order valence-electron chi connectivity index (χ2n) is 7.11. The summed E-state index contributed by atoms with van der Waals surface area (Å²) in [6.07, 6.45) is 1.63. The number of halogens is 1. The van der Waals surface area contributed by atoms with Crippen LogP contribution in [-0.2, 0) is 9.53 Å². The molecule has 1 aliphatic rings. The van der Waals surface area contributed by atoms with Crippen molar-refractivity contribution in [1.82, 2.24) is 20.4 Å². The van der Waals surface area contributed by atoms with E-state index in [2.05, 4.69) is 20.8 Å². The standard InChI is InChI=1S/C20H24ClN5O4S/c1-3-30-19(28)12(2)22-20(29)26-10-4-5-13(11-26)17-24-25-18(31-17)16(27)23-15-8-6-14(21)7-9-15/h6-9,12-13H,3-5,10-11H2,1-2H3,(H,22,29)(H,23,27). The molecular weight excluding hydrogens is 442 g/mol. The molecular formula is C20H24ClN5O4S. The zero-order valence-electron chi connectivity index (χ0n) is 17.3. The zero-order valence-corrected chi connectivity index (χ0v) is 18.8. The number of benzene rings is 1. The quantitative estimate of drug-likeness (QED) is 0.633. The van der Waals surface area contributed by atoms with Gasteiger partial charge in [-0.25, -0.2) is 9.59 Å². The highest BCUT2D eigenvalue weighted by molar-refractivity contribution is 7.13. The van der Waals surface area contributed by atoms with E-state index in [0.29, 0.717) is 28.8 Å². The van der Waals surface area contributed by atoms with Crippen LogP contribution >= 0.6 is 22.9 Å². The van der Waals surface area contributed by atoms with Gasteiger partial charge >= 0.3 is 12.0 Å². The molecule has 2 atom stereocenters. The maximum Gasteiger partial charge on any atom is 0.328 e. The molecule has 11 heteroatoms. The van der Waals surface area contributed by atoms with Gasteiger partial charge in [-0.15, -0.1) is 10.2 Å². The van der Waals surface area contributed by atoms with Crippen LogP contribution < -0.4 is 10.6 Å². The van der Waals surface area contributed by atoms with E-state index >= 15 is 0 Å². The zero-order chi connectivity index (χ0) is 22.4. The lowest BCUT2D eigenvalue weighted by Crippen LogP contribution is -2.49. The topological polar surface area (TPSA) is 114 Å². The number of nitrogens with one attached hydrogen (secondary N) is 2. The lowest BCUT2D eigenvalue weighted by Gasteiger charge is -2.32. The molecule has 0 saturated carbocycles. The number of nitrogens with zero attached hydrogens (tertiary/aromatic N) is 3. The average molecular weight is 466 g/mol. The number of urea groups is 1. The number of hydrogen-bond donors (Lipinski definition) is 2. The summed E-state index contributed by atoms with van der Waals surface area (Å²) in [6.45, 7) is 4.59. The van der Waals surface area contributed by atoms with Crippen molar-refractivity contribution in [2.45, 2.75) is 38.6 Å². The Morgan fingerprint density at radius 3 is 2.74 bits per heavy atom. The van der Waals surface area contributed by atoms with Gasteiger partial charge in [-0.3, -0.25) is 4.79 Å². The molecule has 1 aliphatic heterocycles. The molecule has 9 nitrogen and oxygen atoms in total. The van der Waals surface area contributed by atoms with Crippen molar-refractivity contribution in [3.63, 3.8) is 0 Å². The summed E-state index contributed by atoms with van der Waals surface area (Å²) in [5, 5.41) is 15.2. The minimum Gasteiger partial charge on any atom is -0.464 e. The van der Waals surface area contributed by atoms with Crippen LogP contribution in [0.1, 0.15) is 47.4 Å². The Morgan fingerprint density at radius 1 is 1.29 bits per heavy atom. The van der Waals surface area contributed by atoms with Crippen LogP contribution in [0.25, 0.3) is 0 Å². The maximum absolute atomic E-state index is 12.5. The van der Waals surface area contributed by atoms with E-state index in [4.69, 9.17) is 16.3 Å². The third kappa shape index (κ3) is 6.14. The first-order valence-electron chi connectivity index (χ1n) is 9.99. The molecule has 1 aromatic carbocycles. The van der Waals surface area contributed by atoms with Gasteiger partial charge in [0.2, 0.25) is 5.01 Å². The minimum absolute atomic E-state index is 0.0213. The Hall–Kier alpha value is -2.72. The molecule has 2 N–H and O–H groups in total. The number of hydrogen-bond acceptors (Lipinski definition) is 7. The van der Waals surface area contributed by atoms with Gasteiger partial charge in [0.05, 0.1) is 6.61 Å². The number of carbonyl (C=O) groups excluding carboxylic acids is 3. The predicted molar refractivity (Wildman–Crippen MR) is 117 cm³/mol. The van der Waals surface area contributed by atoms with Gasteiger partial charge in [0, 0.05) is 29.7 Å². The Labute approximate surface area is 189 Å². The number of ether oxygens (including phenoxy) is 1. The normalized spacial score (nSPS) is 17.0. The Bertz CT molecular complexity index is 936. The third-order valence-corrected chi connectivity index (χ3v) is 6.11. The fourth-order valence-corrected chi connectivity index (χ4v) is 4.17. The SMILES string of the molecule is CCOC(=O)C(C)NC(=O)N1CCCC(c2nnc(C(=O)Nc3ccc(Cl)cc3)s2)C1. The molecule has 0 spiro atoms. The molecule has 1 saturated heterocycles. The summed E-state index contributed by atoms with van der Waals surface area (Å²) in [4.78, 5) is 38.4. The number of anilines is 1. The van der Waals surface area contributed by atoms with Crippen molar-refractivity contribution in [2.24, 2.45) is 0 Å². The van der Waals surface area contributed by atoms with E-state index in [0.717, 1.165) is 12.8 Å². The van der Waals surface area contributed by atoms with Gasteiger partial charge in [0.15, 0.2) is 0 Å². The number of piperidine rings is 1. The van der Waals surface area contributed by atoms with Crippen molar-refractivity contribution in [3.8, 4) is 0 Å². The molecule has 0 aliphatic carbocycles. The highest BCUT2D eigenvalue weighted by atomic mass is 35.5. The molecule has 2 aromatic rings. The van der Waals surface area contributed by atoms with E-state index in [1.807, 2.05) is 0 Å². The van der Waals surface area contributed by atoms with Crippen molar-refractivity contribution in [2.75, 3.05) is 25.0 Å². The Morgan fingerprint density at radius 2 is 2.03 bits per heavy atom. The molecule has 2 unspecified atom stereocenters. The van der Waals surface area contributed by atoms with Crippen LogP contribution in [0.15, 0.2) is 24.3 Å². The summed E-state index contributed by atoms with van der Waals surface area (Å²) in [7, 11) is 0. The average Bonchev–Trinajstić information content (AvgIpc) is 3.26. The summed E-state index contributed by atoms with van der Waals surface area (Å²) in [5.74, 6) is -0.836. The number of rotatable bonds is 6. The highest BCUT2D eigenvalue weighted by Gasteiger charge is 2.29. The van der Waals surface area contributed by atoms with Crippen molar-refractivity contribution in [1.29, 1.82) is 0 Å². The molecule has 1 fully saturated rings. The van der Waals surface area contributed by atoms with Crippen LogP contribution in [0.2, 0.25) is 5.02 Å². The van der Waals surface area contributed by atoms with Gasteiger partial charge in [-0.1, -0.05) is 22.9 Å². The van der Waals surface area contributed by atoms with E-state index in [1.54, 1.807) is 43.0 Å². The van der Waals surface area contributed by atoms with E-state index in [1.165, 1.54) is 11.3 Å². The third-order valence-electron chi connectivity index (χ3n) is 4.77. The fraction of sp³-hybridized carbons (Fsp3) is 0.450. The first kappa shape index (κ1) is 23.0. The van der Waals surface area contributed by atoms with Gasteiger partial charge in [-0.05, 0) is 51.0 Å². The second kappa shape index (κ2) is 10.5. The van der Waals surface area contributed by atoms with Crippen LogP contribution in [-0.4, -0.2) is 58.7 Å². The summed E-state index contributed by atoms with van der Waals surface area (Å²) < 4.78 is 4.92. The van der Waals surface area contributed by atoms with Crippen LogP contribution in [0.4, 0.5) is 10.5 Å². The minimum atomic E-state index is -0.725. The number of carbonyl (C=O) groups is 3. The fourth-order valence-electron chi connectivity index (χ4n) is 3.17. The van der Waals surface area contributed by atoms with E-state index < -0.39 is 12.0 Å². The molecule has 1 aromatic heterocycles. The molecule has 31 heavy (non-hydrogen) atoms. The molecule has 166 valence electrons. The highest BCUT2D eigenvalue weighted by Crippen LogP contribution is 2.29. The smallest absolute Gasteiger partial charge is 0.328 e. The van der Waals surface area contributed by atoms with Gasteiger partial charge in [-0.2, -0.15) is 0 Å². The molecule has 3 rings (SSSR count). The summed E-state index contributed by atoms with van der Waals surface area (Å²) in [5.41, 5.74) is 0.613. The first-order chi connectivity index (χ1) is 14.9. The monoisotopic (exact) mass is 465 g/mol. The largest absolute Gasteiger partial charge is 0.464 e. The molecule has 0 radical (unpaired) electrons. The number of aromatic nitrogens is 2. The predicted octanol–water partition coefficient (Wildman–Crippen LogP) is 3.28. The lowest BCUT2D eigenvalue weighted by atomic mass is 9.99. The second-order valence-corrected chi connectivity index (χ2v) is 8.56. The van der Waals surface area contributed by atoms with Crippen molar-refractivity contribution in [3.05, 3.63) is 39.3 Å². The maximum atomic E-state index is 12.5. The van der Waals surface area contributed by atoms with E-state index in [-0.39, 0.29) is 29.5 Å². The number of likely N-dealkylation sites (tertiary alicyclic amines) is 1. The lowest BCUT2D eigenvalue weighted by molar-refractivity contribution is -0.144. The van der Waals surface area contributed by atoms with Crippen LogP contribution in [0.3, 0.4) is 0 Å². The van der Waals surface area contributed by atoms with Crippen LogP contribution in [0, 0.1) is 0 Å². The summed E-state index contributed by atoms with van der Waals surface area (Å²) in [6, 6.07) is 5.74. The molecule has 2 heterocycles. The van der Waals surface area contributed by atoms with Gasteiger partial charge < -0.3 is 20.3 Å². The number of esters is 1. The Kier molecular flexibility index (Phi) is 7.80. The van der Waals surface area contributed by atoms with E-state index in [9.17, 15) is 14.4 Å². The Balaban J connectivity index is 1.58. The number of amides is 3. The molecule has 3 amide bonds. The van der Waals surface area contributed by atoms with Gasteiger partial charge in [0.25, 0.3) is 5.91 Å². The summed E-state index contributed by atoms with van der Waals surface area (Å²) >= 11 is 7.07. The van der Waals surface area contributed by atoms with Crippen molar-refractivity contribution >= 4 is 46.5 Å². The molecule has 0 bridgehead atoms. The van der Waals surface area contributed by atoms with Crippen LogP contribution in [0.5, 0.6) is 0 Å². The van der Waals surface area contributed by atoms with Crippen molar-refractivity contribution < 1.29 is 19.1 Å². The first-order valence-corrected chi connectivity index (χ1v) is 11.2. The van der Waals surface area contributed by atoms with Gasteiger partial charge in [0.1, 0.15) is 11.0 Å².